The lowest BCUT2D eigenvalue weighted by Crippen LogP contribution is -2.51. The van der Waals surface area contributed by atoms with Crippen LogP contribution in [0.3, 0.4) is 0 Å². The molecule has 0 heterocycles. The van der Waals surface area contributed by atoms with Crippen LogP contribution in [0.25, 0.3) is 0 Å². The van der Waals surface area contributed by atoms with E-state index in [0.29, 0.717) is 12.2 Å². The molecule has 3 aromatic rings. The molecule has 0 bridgehead atoms. The number of nitrogens with zero attached hydrogens (tertiary/aromatic N) is 2. The second-order valence-corrected chi connectivity index (χ2v) is 12.3. The smallest absolute Gasteiger partial charge is 0.264 e. The largest absolute Gasteiger partial charge is 0.354 e. The molecule has 2 amide bonds. The summed E-state index contributed by atoms with van der Waals surface area (Å²) in [5.41, 5.74) is 4.04. The van der Waals surface area contributed by atoms with Crippen molar-refractivity contribution >= 4 is 27.5 Å². The molecule has 1 N–H and O–H groups in total. The molecule has 0 saturated carbocycles. The number of carbonyl (C=O) groups excluding carboxylic acids is 2. The molecule has 1 unspecified atom stereocenters. The fraction of sp³-hybridized carbons (Fsp3) is 0.355. The first kappa shape index (κ1) is 29.9. The van der Waals surface area contributed by atoms with E-state index in [1.54, 1.807) is 49.4 Å². The standard InChI is InChI=1S/C31H39N3O4S/c1-22(2)19-32-31(36)26(6)33(20-27-12-8-7-11-25(27)5)30(35)21-34(28-13-9-10-24(4)18-28)39(37,38)29-16-14-23(3)15-17-29/h7-18,22,26H,19-21H2,1-6H3,(H,32,36). The average molecular weight is 550 g/mol. The highest BCUT2D eigenvalue weighted by Gasteiger charge is 2.32. The lowest BCUT2D eigenvalue weighted by atomic mass is 10.1. The van der Waals surface area contributed by atoms with Gasteiger partial charge in [0.15, 0.2) is 0 Å². The predicted molar refractivity (Wildman–Crippen MR) is 156 cm³/mol. The van der Waals surface area contributed by atoms with Gasteiger partial charge in [0, 0.05) is 13.1 Å². The summed E-state index contributed by atoms with van der Waals surface area (Å²) >= 11 is 0. The molecule has 0 spiro atoms. The molecule has 0 fully saturated rings. The molecule has 1 atom stereocenters. The highest BCUT2D eigenvalue weighted by Crippen LogP contribution is 2.26. The molecular weight excluding hydrogens is 510 g/mol. The summed E-state index contributed by atoms with van der Waals surface area (Å²) in [5.74, 6) is -0.505. The number of anilines is 1. The van der Waals surface area contributed by atoms with Gasteiger partial charge in [-0.2, -0.15) is 0 Å². The van der Waals surface area contributed by atoms with Crippen molar-refractivity contribution in [2.24, 2.45) is 5.92 Å². The Kier molecular flexibility index (Phi) is 9.92. The summed E-state index contributed by atoms with van der Waals surface area (Å²) in [6, 6.07) is 20.5. The summed E-state index contributed by atoms with van der Waals surface area (Å²) in [6.07, 6.45) is 0. The second-order valence-electron chi connectivity index (χ2n) is 10.4. The van der Waals surface area contributed by atoms with Crippen LogP contribution >= 0.6 is 0 Å². The molecule has 0 radical (unpaired) electrons. The molecule has 3 aromatic carbocycles. The van der Waals surface area contributed by atoms with E-state index in [1.807, 2.05) is 65.0 Å². The Morgan fingerprint density at radius 2 is 1.51 bits per heavy atom. The second kappa shape index (κ2) is 12.9. The maximum absolute atomic E-state index is 14.0. The van der Waals surface area contributed by atoms with Crippen molar-refractivity contribution in [2.45, 2.75) is 59.0 Å². The fourth-order valence-electron chi connectivity index (χ4n) is 4.16. The van der Waals surface area contributed by atoms with Crippen molar-refractivity contribution in [2.75, 3.05) is 17.4 Å². The number of hydrogen-bond acceptors (Lipinski definition) is 4. The van der Waals surface area contributed by atoms with Gasteiger partial charge in [-0.25, -0.2) is 8.42 Å². The van der Waals surface area contributed by atoms with Gasteiger partial charge in [0.1, 0.15) is 12.6 Å². The van der Waals surface area contributed by atoms with E-state index >= 15 is 0 Å². The molecule has 3 rings (SSSR count). The quantitative estimate of drug-likeness (QED) is 0.365. The Hall–Kier alpha value is -3.65. The first-order chi connectivity index (χ1) is 18.4. The van der Waals surface area contributed by atoms with Crippen LogP contribution in [0.15, 0.2) is 77.7 Å². The number of aryl methyl sites for hydroxylation is 3. The predicted octanol–water partition coefficient (Wildman–Crippen LogP) is 5.00. The van der Waals surface area contributed by atoms with Gasteiger partial charge in [-0.05, 0) is 74.6 Å². The number of amides is 2. The summed E-state index contributed by atoms with van der Waals surface area (Å²) in [5, 5.41) is 2.91. The minimum absolute atomic E-state index is 0.0931. The zero-order valence-electron chi connectivity index (χ0n) is 23.6. The Morgan fingerprint density at radius 3 is 2.13 bits per heavy atom. The van der Waals surface area contributed by atoms with Crippen molar-refractivity contribution < 1.29 is 18.0 Å². The van der Waals surface area contributed by atoms with Gasteiger partial charge in [0.05, 0.1) is 10.6 Å². The van der Waals surface area contributed by atoms with E-state index in [4.69, 9.17) is 0 Å². The minimum Gasteiger partial charge on any atom is -0.354 e. The monoisotopic (exact) mass is 549 g/mol. The first-order valence-corrected chi connectivity index (χ1v) is 14.6. The molecule has 0 aliphatic heterocycles. The topological polar surface area (TPSA) is 86.8 Å². The highest BCUT2D eigenvalue weighted by atomic mass is 32.2. The lowest BCUT2D eigenvalue weighted by molar-refractivity contribution is -0.139. The van der Waals surface area contributed by atoms with Crippen LogP contribution < -0.4 is 9.62 Å². The van der Waals surface area contributed by atoms with Crippen molar-refractivity contribution in [3.05, 3.63) is 95.1 Å². The number of carbonyl (C=O) groups is 2. The lowest BCUT2D eigenvalue weighted by Gasteiger charge is -2.32. The van der Waals surface area contributed by atoms with Gasteiger partial charge in [-0.3, -0.25) is 13.9 Å². The van der Waals surface area contributed by atoms with Gasteiger partial charge in [-0.15, -0.1) is 0 Å². The molecule has 0 saturated heterocycles. The Morgan fingerprint density at radius 1 is 0.846 bits per heavy atom. The Labute approximate surface area is 232 Å². The van der Waals surface area contributed by atoms with Crippen molar-refractivity contribution in [1.82, 2.24) is 10.2 Å². The highest BCUT2D eigenvalue weighted by molar-refractivity contribution is 7.92. The van der Waals surface area contributed by atoms with Gasteiger partial charge in [-0.1, -0.05) is 67.9 Å². The van der Waals surface area contributed by atoms with Gasteiger partial charge >= 0.3 is 0 Å². The number of rotatable bonds is 11. The third-order valence-corrected chi connectivity index (χ3v) is 8.42. The third-order valence-electron chi connectivity index (χ3n) is 6.63. The maximum atomic E-state index is 14.0. The van der Waals surface area contributed by atoms with E-state index in [0.717, 1.165) is 26.6 Å². The molecular formula is C31H39N3O4S. The summed E-state index contributed by atoms with van der Waals surface area (Å²) < 4.78 is 28.9. The number of nitrogens with one attached hydrogen (secondary N) is 1. The van der Waals surface area contributed by atoms with Crippen molar-refractivity contribution in [3.63, 3.8) is 0 Å². The summed E-state index contributed by atoms with van der Waals surface area (Å²) in [7, 11) is -4.08. The fourth-order valence-corrected chi connectivity index (χ4v) is 5.56. The van der Waals surface area contributed by atoms with Crippen LogP contribution in [0, 0.1) is 26.7 Å². The minimum atomic E-state index is -4.08. The number of benzene rings is 3. The van der Waals surface area contributed by atoms with Crippen LogP contribution in [-0.4, -0.2) is 44.3 Å². The van der Waals surface area contributed by atoms with E-state index in [-0.39, 0.29) is 23.3 Å². The molecule has 0 aromatic heterocycles. The van der Waals surface area contributed by atoms with Crippen LogP contribution in [0.5, 0.6) is 0 Å². The van der Waals surface area contributed by atoms with Gasteiger partial charge in [0.2, 0.25) is 11.8 Å². The number of hydrogen-bond donors (Lipinski definition) is 1. The zero-order chi connectivity index (χ0) is 28.7. The van der Waals surface area contributed by atoms with Crippen LogP contribution in [0.1, 0.15) is 43.0 Å². The molecule has 39 heavy (non-hydrogen) atoms. The first-order valence-electron chi connectivity index (χ1n) is 13.2. The third kappa shape index (κ3) is 7.69. The number of sulfonamides is 1. The Balaban J connectivity index is 2.02. The summed E-state index contributed by atoms with van der Waals surface area (Å²) in [6.45, 7) is 11.6. The van der Waals surface area contributed by atoms with Gasteiger partial charge < -0.3 is 10.2 Å². The molecule has 208 valence electrons. The van der Waals surface area contributed by atoms with Crippen LogP contribution in [0.2, 0.25) is 0 Å². The molecule has 0 aliphatic rings. The molecule has 0 aliphatic carbocycles. The van der Waals surface area contributed by atoms with E-state index in [9.17, 15) is 18.0 Å². The SMILES string of the molecule is Cc1ccc(S(=O)(=O)N(CC(=O)N(Cc2ccccc2C)C(C)C(=O)NCC(C)C)c2cccc(C)c2)cc1. The van der Waals surface area contributed by atoms with Crippen LogP contribution in [-0.2, 0) is 26.2 Å². The zero-order valence-corrected chi connectivity index (χ0v) is 24.5. The molecule has 7 nitrogen and oxygen atoms in total. The van der Waals surface area contributed by atoms with E-state index in [2.05, 4.69) is 5.32 Å². The summed E-state index contributed by atoms with van der Waals surface area (Å²) in [4.78, 5) is 28.6. The molecule has 8 heteroatoms. The van der Waals surface area contributed by atoms with E-state index < -0.39 is 28.5 Å². The van der Waals surface area contributed by atoms with Crippen molar-refractivity contribution in [1.29, 1.82) is 0 Å². The van der Waals surface area contributed by atoms with Gasteiger partial charge in [0.25, 0.3) is 10.0 Å². The average Bonchev–Trinajstić information content (AvgIpc) is 2.89. The Bertz CT molecular complexity index is 1400. The van der Waals surface area contributed by atoms with Crippen molar-refractivity contribution in [3.8, 4) is 0 Å². The van der Waals surface area contributed by atoms with E-state index in [1.165, 1.54) is 4.90 Å². The van der Waals surface area contributed by atoms with Crippen LogP contribution in [0.4, 0.5) is 5.69 Å². The normalized spacial score (nSPS) is 12.2. The maximum Gasteiger partial charge on any atom is 0.264 e.